The van der Waals surface area contributed by atoms with Crippen molar-refractivity contribution in [3.63, 3.8) is 0 Å². The Balaban J connectivity index is 2.39. The van der Waals surface area contributed by atoms with Gasteiger partial charge in [0.05, 0.1) is 6.04 Å². The normalized spacial score (nSPS) is 20.3. The summed E-state index contributed by atoms with van der Waals surface area (Å²) >= 11 is 1.66. The highest BCUT2D eigenvalue weighted by Gasteiger charge is 2.32. The van der Waals surface area contributed by atoms with Crippen LogP contribution >= 0.6 is 11.8 Å². The highest BCUT2D eigenvalue weighted by Crippen LogP contribution is 2.20. The molecule has 5 heteroatoms. The fraction of sp³-hybridized carbons (Fsp3) is 0.846. The summed E-state index contributed by atoms with van der Waals surface area (Å²) in [5.74, 6) is 1.04. The summed E-state index contributed by atoms with van der Waals surface area (Å²) < 4.78 is 0. The van der Waals surface area contributed by atoms with E-state index < -0.39 is 0 Å². The van der Waals surface area contributed by atoms with Crippen molar-refractivity contribution in [2.45, 2.75) is 39.7 Å². The fourth-order valence-corrected chi connectivity index (χ4v) is 2.48. The van der Waals surface area contributed by atoms with E-state index in [1.807, 2.05) is 11.2 Å². The number of carbonyl (C=O) groups excluding carboxylic acids is 2. The van der Waals surface area contributed by atoms with Gasteiger partial charge in [-0.2, -0.15) is 11.8 Å². The lowest BCUT2D eigenvalue weighted by atomic mass is 9.96. The average molecular weight is 272 g/mol. The molecule has 2 amide bonds. The Hall–Kier alpha value is -0.710. The number of rotatable bonds is 5. The van der Waals surface area contributed by atoms with Crippen LogP contribution in [0.4, 0.5) is 0 Å². The molecule has 1 N–H and O–H groups in total. The Labute approximate surface area is 114 Å². The topological polar surface area (TPSA) is 49.4 Å². The van der Waals surface area contributed by atoms with Crippen LogP contribution in [0.3, 0.4) is 0 Å². The van der Waals surface area contributed by atoms with Crippen molar-refractivity contribution >= 4 is 23.6 Å². The number of hydrogen-bond donors (Lipinski definition) is 1. The van der Waals surface area contributed by atoms with E-state index in [0.717, 1.165) is 12.3 Å². The molecule has 0 radical (unpaired) electrons. The van der Waals surface area contributed by atoms with Gasteiger partial charge in [-0.3, -0.25) is 9.59 Å². The molecule has 1 rings (SSSR count). The summed E-state index contributed by atoms with van der Waals surface area (Å²) in [7, 11) is 0. The zero-order valence-electron chi connectivity index (χ0n) is 11.8. The second-order valence-electron chi connectivity index (χ2n) is 6.05. The van der Waals surface area contributed by atoms with Gasteiger partial charge in [-0.15, -0.1) is 0 Å². The van der Waals surface area contributed by atoms with E-state index in [2.05, 4.69) is 26.1 Å². The molecule has 0 aromatic carbocycles. The number of nitrogens with one attached hydrogen (secondary N) is 1. The third kappa shape index (κ3) is 5.29. The molecular formula is C13H24N2O2S. The summed E-state index contributed by atoms with van der Waals surface area (Å²) in [6.45, 7) is 7.75. The first kappa shape index (κ1) is 15.3. The van der Waals surface area contributed by atoms with Gasteiger partial charge in [-0.05, 0) is 11.7 Å². The maximum Gasteiger partial charge on any atom is 0.224 e. The van der Waals surface area contributed by atoms with Gasteiger partial charge in [0, 0.05) is 31.7 Å². The number of amides is 2. The van der Waals surface area contributed by atoms with Gasteiger partial charge < -0.3 is 10.2 Å². The maximum atomic E-state index is 11.8. The number of nitrogens with zero attached hydrogens (tertiary/aromatic N) is 1. The summed E-state index contributed by atoms with van der Waals surface area (Å²) in [4.78, 5) is 25.3. The van der Waals surface area contributed by atoms with Crippen molar-refractivity contribution in [3.05, 3.63) is 0 Å². The zero-order chi connectivity index (χ0) is 13.8. The molecule has 4 nitrogen and oxygen atoms in total. The monoisotopic (exact) mass is 272 g/mol. The van der Waals surface area contributed by atoms with Crippen molar-refractivity contribution in [1.82, 2.24) is 10.2 Å². The lowest BCUT2D eigenvalue weighted by Crippen LogP contribution is -2.39. The molecular weight excluding hydrogens is 248 g/mol. The molecule has 1 fully saturated rings. The molecule has 0 spiro atoms. The minimum Gasteiger partial charge on any atom is -0.351 e. The van der Waals surface area contributed by atoms with Crippen LogP contribution in [-0.2, 0) is 9.59 Å². The van der Waals surface area contributed by atoms with Crippen molar-refractivity contribution in [3.8, 4) is 0 Å². The van der Waals surface area contributed by atoms with E-state index in [0.29, 0.717) is 19.4 Å². The second-order valence-corrected chi connectivity index (χ2v) is 7.03. The fourth-order valence-electron chi connectivity index (χ4n) is 2.09. The van der Waals surface area contributed by atoms with Crippen molar-refractivity contribution in [2.24, 2.45) is 5.41 Å². The molecule has 104 valence electrons. The summed E-state index contributed by atoms with van der Waals surface area (Å²) in [5, 5.41) is 2.95. The van der Waals surface area contributed by atoms with Crippen molar-refractivity contribution in [2.75, 3.05) is 25.1 Å². The molecule has 0 aliphatic carbocycles. The van der Waals surface area contributed by atoms with Crippen LogP contribution in [-0.4, -0.2) is 47.9 Å². The number of carbonyl (C=O) groups is 2. The Morgan fingerprint density at radius 3 is 2.72 bits per heavy atom. The number of likely N-dealkylation sites (tertiary alicyclic amines) is 1. The second kappa shape index (κ2) is 6.45. The van der Waals surface area contributed by atoms with E-state index in [1.165, 1.54) is 0 Å². The first-order valence-electron chi connectivity index (χ1n) is 6.38. The van der Waals surface area contributed by atoms with Crippen LogP contribution in [0, 0.1) is 5.41 Å². The van der Waals surface area contributed by atoms with Gasteiger partial charge in [0.15, 0.2) is 0 Å². The lowest BCUT2D eigenvalue weighted by molar-refractivity contribution is -0.128. The third-order valence-corrected chi connectivity index (χ3v) is 3.39. The molecule has 0 aromatic heterocycles. The maximum absolute atomic E-state index is 11.8. The van der Waals surface area contributed by atoms with Gasteiger partial charge in [0.2, 0.25) is 11.8 Å². The van der Waals surface area contributed by atoms with Gasteiger partial charge in [-0.1, -0.05) is 20.8 Å². The molecule has 0 aromatic rings. The van der Waals surface area contributed by atoms with Crippen LogP contribution in [0.5, 0.6) is 0 Å². The van der Waals surface area contributed by atoms with Gasteiger partial charge in [0.25, 0.3) is 0 Å². The third-order valence-electron chi connectivity index (χ3n) is 2.78. The quantitative estimate of drug-likeness (QED) is 0.825. The molecule has 0 bridgehead atoms. The van der Waals surface area contributed by atoms with Crippen LogP contribution in [0.1, 0.15) is 33.6 Å². The van der Waals surface area contributed by atoms with Crippen molar-refractivity contribution in [1.29, 1.82) is 0 Å². The van der Waals surface area contributed by atoms with Gasteiger partial charge >= 0.3 is 0 Å². The minimum atomic E-state index is -0.00536. The molecule has 0 unspecified atom stereocenters. The van der Waals surface area contributed by atoms with E-state index >= 15 is 0 Å². The highest BCUT2D eigenvalue weighted by atomic mass is 32.2. The number of hydrogen-bond acceptors (Lipinski definition) is 3. The number of thioether (sulfide) groups is 1. The van der Waals surface area contributed by atoms with Gasteiger partial charge in [-0.25, -0.2) is 0 Å². The van der Waals surface area contributed by atoms with E-state index in [1.54, 1.807) is 11.8 Å². The predicted octanol–water partition coefficient (Wildman–Crippen LogP) is 1.50. The largest absolute Gasteiger partial charge is 0.351 e. The van der Waals surface area contributed by atoms with E-state index in [4.69, 9.17) is 0 Å². The first-order chi connectivity index (χ1) is 8.31. The lowest BCUT2D eigenvalue weighted by Gasteiger charge is -2.26. The zero-order valence-corrected chi connectivity index (χ0v) is 12.6. The summed E-state index contributed by atoms with van der Waals surface area (Å²) in [6, 6.07) is -0.00536. The van der Waals surface area contributed by atoms with Crippen molar-refractivity contribution < 1.29 is 9.59 Å². The Morgan fingerprint density at radius 1 is 1.50 bits per heavy atom. The molecule has 1 aliphatic heterocycles. The smallest absolute Gasteiger partial charge is 0.224 e. The average Bonchev–Trinajstić information content (AvgIpc) is 2.53. The van der Waals surface area contributed by atoms with Crippen LogP contribution in [0.2, 0.25) is 0 Å². The van der Waals surface area contributed by atoms with Gasteiger partial charge in [0.1, 0.15) is 0 Å². The molecule has 1 saturated heterocycles. The van der Waals surface area contributed by atoms with E-state index in [9.17, 15) is 9.59 Å². The first-order valence-corrected chi connectivity index (χ1v) is 7.77. The molecule has 1 aliphatic rings. The Morgan fingerprint density at radius 2 is 2.17 bits per heavy atom. The SMILES string of the molecule is CSCCC(=O)N[C@@H]1CC(=O)N(CC(C)(C)C)C1. The summed E-state index contributed by atoms with van der Waals surface area (Å²) in [5.41, 5.74) is 0.105. The standard InChI is InChI=1S/C13H24N2O2S/c1-13(2,3)9-15-8-10(7-12(15)17)14-11(16)5-6-18-4/h10H,5-9H2,1-4H3,(H,14,16)/t10-/m1/s1. The Bertz CT molecular complexity index is 313. The molecule has 0 saturated carbocycles. The van der Waals surface area contributed by atoms with Crippen LogP contribution in [0.25, 0.3) is 0 Å². The molecule has 18 heavy (non-hydrogen) atoms. The summed E-state index contributed by atoms with van der Waals surface area (Å²) in [6.07, 6.45) is 2.96. The highest BCUT2D eigenvalue weighted by molar-refractivity contribution is 7.98. The van der Waals surface area contributed by atoms with Crippen LogP contribution in [0.15, 0.2) is 0 Å². The predicted molar refractivity (Wildman–Crippen MR) is 75.6 cm³/mol. The molecule has 1 atom stereocenters. The van der Waals surface area contributed by atoms with E-state index in [-0.39, 0.29) is 23.3 Å². The minimum absolute atomic E-state index is 0.00536. The molecule has 1 heterocycles. The Kier molecular flexibility index (Phi) is 5.50. The van der Waals surface area contributed by atoms with Crippen LogP contribution < -0.4 is 5.32 Å².